The van der Waals surface area contributed by atoms with E-state index >= 15 is 0 Å². The summed E-state index contributed by atoms with van der Waals surface area (Å²) in [5.74, 6) is -0.702. The van der Waals surface area contributed by atoms with Gasteiger partial charge in [-0.25, -0.2) is 8.42 Å². The molecule has 0 aliphatic rings. The minimum atomic E-state index is -3.86. The second kappa shape index (κ2) is 6.35. The van der Waals surface area contributed by atoms with Gasteiger partial charge in [-0.2, -0.15) is 4.31 Å². The normalized spacial score (nSPS) is 11.3. The molecule has 0 heterocycles. The molecule has 0 bridgehead atoms. The zero-order valence-corrected chi connectivity index (χ0v) is 11.3. The number of nitrogens with zero attached hydrogens (tertiary/aromatic N) is 1. The van der Waals surface area contributed by atoms with Crippen molar-refractivity contribution in [1.82, 2.24) is 4.31 Å². The number of hydrogen-bond acceptors (Lipinski definition) is 4. The predicted octanol–water partition coefficient (Wildman–Crippen LogP) is 0.956. The number of methoxy groups -OCH3 is 1. The van der Waals surface area contributed by atoms with E-state index in [0.29, 0.717) is 5.75 Å². The van der Waals surface area contributed by atoms with Gasteiger partial charge in [-0.05, 0) is 24.3 Å². The van der Waals surface area contributed by atoms with Crippen LogP contribution in [-0.4, -0.2) is 44.0 Å². The monoisotopic (exact) mass is 285 g/mol. The van der Waals surface area contributed by atoms with Crippen LogP contribution >= 0.6 is 0 Å². The first kappa shape index (κ1) is 15.2. The van der Waals surface area contributed by atoms with Crippen molar-refractivity contribution in [2.45, 2.75) is 4.90 Å². The second-order valence-electron chi connectivity index (χ2n) is 3.66. The number of carboxylic acid groups (broad SMARTS) is 1. The number of carboxylic acids is 1. The summed E-state index contributed by atoms with van der Waals surface area (Å²) in [6.07, 6.45) is 1.34. The van der Waals surface area contributed by atoms with Gasteiger partial charge in [-0.3, -0.25) is 4.79 Å². The van der Waals surface area contributed by atoms with Gasteiger partial charge < -0.3 is 9.84 Å². The Labute approximate surface area is 112 Å². The highest BCUT2D eigenvalue weighted by Crippen LogP contribution is 2.19. The van der Waals surface area contributed by atoms with Crippen molar-refractivity contribution >= 4 is 16.0 Å². The Balaban J connectivity index is 3.10. The van der Waals surface area contributed by atoms with E-state index in [4.69, 9.17) is 9.84 Å². The van der Waals surface area contributed by atoms with Gasteiger partial charge in [0.1, 0.15) is 12.3 Å². The summed E-state index contributed by atoms with van der Waals surface area (Å²) in [5.41, 5.74) is 0. The third-order valence-electron chi connectivity index (χ3n) is 2.34. The van der Waals surface area contributed by atoms with Crippen LogP contribution in [0.2, 0.25) is 0 Å². The zero-order chi connectivity index (χ0) is 14.5. The number of ether oxygens (including phenoxy) is 1. The van der Waals surface area contributed by atoms with E-state index in [-0.39, 0.29) is 11.4 Å². The van der Waals surface area contributed by atoms with E-state index in [2.05, 4.69) is 6.58 Å². The SMILES string of the molecule is C=CCN(CC(=O)O)S(=O)(=O)c1ccc(OC)cc1. The number of benzene rings is 1. The van der Waals surface area contributed by atoms with Gasteiger partial charge >= 0.3 is 5.97 Å². The van der Waals surface area contributed by atoms with E-state index in [1.807, 2.05) is 0 Å². The molecular weight excluding hydrogens is 270 g/mol. The molecule has 0 aliphatic carbocycles. The quantitative estimate of drug-likeness (QED) is 0.754. The van der Waals surface area contributed by atoms with Crippen LogP contribution in [0, 0.1) is 0 Å². The minimum Gasteiger partial charge on any atom is -0.497 e. The summed E-state index contributed by atoms with van der Waals surface area (Å²) < 4.78 is 30.2. The van der Waals surface area contributed by atoms with Crippen molar-refractivity contribution in [3.63, 3.8) is 0 Å². The largest absolute Gasteiger partial charge is 0.497 e. The molecule has 1 rings (SSSR count). The molecule has 1 N–H and O–H groups in total. The van der Waals surface area contributed by atoms with Crippen molar-refractivity contribution in [2.24, 2.45) is 0 Å². The summed E-state index contributed by atoms with van der Waals surface area (Å²) in [6, 6.07) is 5.73. The number of hydrogen-bond donors (Lipinski definition) is 1. The molecule has 0 saturated carbocycles. The van der Waals surface area contributed by atoms with Gasteiger partial charge in [0.25, 0.3) is 0 Å². The van der Waals surface area contributed by atoms with E-state index in [1.54, 1.807) is 0 Å². The van der Waals surface area contributed by atoms with Crippen LogP contribution in [0.1, 0.15) is 0 Å². The topological polar surface area (TPSA) is 83.9 Å². The Hall–Kier alpha value is -1.86. The maximum absolute atomic E-state index is 12.2. The summed E-state index contributed by atoms with van der Waals surface area (Å²) in [6.45, 7) is 2.74. The molecule has 0 aliphatic heterocycles. The molecule has 6 nitrogen and oxygen atoms in total. The molecule has 0 unspecified atom stereocenters. The molecule has 0 atom stereocenters. The Bertz CT molecular complexity index is 550. The first-order valence-electron chi connectivity index (χ1n) is 5.38. The van der Waals surface area contributed by atoms with E-state index in [1.165, 1.54) is 37.5 Å². The van der Waals surface area contributed by atoms with Crippen molar-refractivity contribution in [2.75, 3.05) is 20.2 Å². The fraction of sp³-hybridized carbons (Fsp3) is 0.250. The highest BCUT2D eigenvalue weighted by atomic mass is 32.2. The lowest BCUT2D eigenvalue weighted by molar-refractivity contribution is -0.137. The van der Waals surface area contributed by atoms with Crippen LogP contribution in [-0.2, 0) is 14.8 Å². The van der Waals surface area contributed by atoms with Crippen LogP contribution in [0.5, 0.6) is 5.75 Å². The first-order chi connectivity index (χ1) is 8.91. The molecule has 1 aromatic carbocycles. The number of aliphatic carboxylic acids is 1. The van der Waals surface area contributed by atoms with Crippen molar-refractivity contribution < 1.29 is 23.1 Å². The molecule has 104 valence electrons. The average Bonchev–Trinajstić information content (AvgIpc) is 2.38. The maximum atomic E-state index is 12.2. The summed E-state index contributed by atoms with van der Waals surface area (Å²) in [5, 5.41) is 8.74. The van der Waals surface area contributed by atoms with E-state index in [9.17, 15) is 13.2 Å². The summed E-state index contributed by atoms with van der Waals surface area (Å²) in [7, 11) is -2.39. The minimum absolute atomic E-state index is 0.0106. The Morgan fingerprint density at radius 1 is 1.42 bits per heavy atom. The third kappa shape index (κ3) is 3.80. The Morgan fingerprint density at radius 2 is 2.00 bits per heavy atom. The van der Waals surface area contributed by atoms with Crippen molar-refractivity contribution in [1.29, 1.82) is 0 Å². The second-order valence-corrected chi connectivity index (χ2v) is 5.59. The molecule has 7 heteroatoms. The predicted molar refractivity (Wildman–Crippen MR) is 69.6 cm³/mol. The highest BCUT2D eigenvalue weighted by Gasteiger charge is 2.25. The van der Waals surface area contributed by atoms with E-state index in [0.717, 1.165) is 4.31 Å². The molecular formula is C12H15NO5S. The number of carbonyl (C=O) groups is 1. The first-order valence-corrected chi connectivity index (χ1v) is 6.82. The van der Waals surface area contributed by atoms with Crippen LogP contribution in [0.4, 0.5) is 0 Å². The lowest BCUT2D eigenvalue weighted by atomic mass is 10.3. The van der Waals surface area contributed by atoms with Crippen molar-refractivity contribution in [3.05, 3.63) is 36.9 Å². The Kier molecular flexibility index (Phi) is 5.08. The zero-order valence-electron chi connectivity index (χ0n) is 10.4. The molecule has 0 amide bonds. The molecule has 0 aromatic heterocycles. The van der Waals surface area contributed by atoms with Crippen LogP contribution in [0.3, 0.4) is 0 Å². The lowest BCUT2D eigenvalue weighted by Gasteiger charge is -2.18. The van der Waals surface area contributed by atoms with Gasteiger partial charge in [0.15, 0.2) is 0 Å². The Morgan fingerprint density at radius 3 is 2.42 bits per heavy atom. The smallest absolute Gasteiger partial charge is 0.318 e. The fourth-order valence-corrected chi connectivity index (χ4v) is 2.80. The molecule has 1 aromatic rings. The van der Waals surface area contributed by atoms with Gasteiger partial charge in [0.05, 0.1) is 12.0 Å². The van der Waals surface area contributed by atoms with Crippen LogP contribution in [0.15, 0.2) is 41.8 Å². The maximum Gasteiger partial charge on any atom is 0.318 e. The summed E-state index contributed by atoms with van der Waals surface area (Å²) in [4.78, 5) is 10.7. The third-order valence-corrected chi connectivity index (χ3v) is 4.17. The molecule has 0 saturated heterocycles. The van der Waals surface area contributed by atoms with Crippen LogP contribution in [0.25, 0.3) is 0 Å². The molecule has 0 fully saturated rings. The molecule has 0 radical (unpaired) electrons. The van der Waals surface area contributed by atoms with Crippen molar-refractivity contribution in [3.8, 4) is 5.75 Å². The van der Waals surface area contributed by atoms with Gasteiger partial charge in [-0.15, -0.1) is 6.58 Å². The average molecular weight is 285 g/mol. The molecule has 19 heavy (non-hydrogen) atoms. The van der Waals surface area contributed by atoms with Gasteiger partial charge in [-0.1, -0.05) is 6.08 Å². The number of sulfonamides is 1. The molecule has 0 spiro atoms. The van der Waals surface area contributed by atoms with Gasteiger partial charge in [0.2, 0.25) is 10.0 Å². The number of rotatable bonds is 7. The standard InChI is InChI=1S/C12H15NO5S/c1-3-8-13(9-12(14)15)19(16,17)11-6-4-10(18-2)5-7-11/h3-7H,1,8-9H2,2H3,(H,14,15). The van der Waals surface area contributed by atoms with Crippen LogP contribution < -0.4 is 4.74 Å². The lowest BCUT2D eigenvalue weighted by Crippen LogP contribution is -2.35. The fourth-order valence-electron chi connectivity index (χ4n) is 1.44. The highest BCUT2D eigenvalue weighted by molar-refractivity contribution is 7.89. The summed E-state index contributed by atoms with van der Waals surface area (Å²) >= 11 is 0. The van der Waals surface area contributed by atoms with E-state index < -0.39 is 22.5 Å². The van der Waals surface area contributed by atoms with Gasteiger partial charge in [0, 0.05) is 6.54 Å².